The SMILES string of the molecule is CC(=O)N1c2cc(NC(=O)c3ccco3)[c]cc2C(C)(c2ccccc2)C(C(N)=O)C1(C)C. The van der Waals surface area contributed by atoms with Crippen LogP contribution in [0.2, 0.25) is 0 Å². The standard InChI is InChI=1S/C26H26N3O4/c1-16(30)29-20-15-18(28-24(32)21-11-8-14-33-21)12-13-19(20)26(4,17-9-6-5-7-10-17)22(23(27)31)25(29,2)3/h5-11,13-15,22H,1-4H3,(H2,27,31)(H,28,32). The number of benzene rings is 2. The molecule has 0 aliphatic carbocycles. The molecule has 7 heteroatoms. The zero-order valence-electron chi connectivity index (χ0n) is 19.0. The van der Waals surface area contributed by atoms with Crippen molar-refractivity contribution < 1.29 is 18.8 Å². The number of furan rings is 1. The number of carbonyl (C=O) groups excluding carboxylic acids is 3. The number of nitrogens with zero attached hydrogens (tertiary/aromatic N) is 1. The first-order valence-electron chi connectivity index (χ1n) is 10.6. The average Bonchev–Trinajstić information content (AvgIpc) is 3.28. The summed E-state index contributed by atoms with van der Waals surface area (Å²) in [6.07, 6.45) is 1.42. The molecule has 2 aromatic carbocycles. The van der Waals surface area contributed by atoms with Crippen molar-refractivity contribution in [1.29, 1.82) is 0 Å². The summed E-state index contributed by atoms with van der Waals surface area (Å²) in [6, 6.07) is 19.3. The summed E-state index contributed by atoms with van der Waals surface area (Å²) in [5.74, 6) is -1.73. The van der Waals surface area contributed by atoms with Gasteiger partial charge in [0, 0.05) is 18.4 Å². The topological polar surface area (TPSA) is 106 Å². The van der Waals surface area contributed by atoms with Crippen molar-refractivity contribution in [2.45, 2.75) is 38.6 Å². The van der Waals surface area contributed by atoms with Gasteiger partial charge in [0.05, 0.1) is 29.1 Å². The first kappa shape index (κ1) is 22.3. The van der Waals surface area contributed by atoms with E-state index in [1.54, 1.807) is 29.2 Å². The molecule has 0 spiro atoms. The Morgan fingerprint density at radius 3 is 2.36 bits per heavy atom. The number of rotatable bonds is 4. The summed E-state index contributed by atoms with van der Waals surface area (Å²) in [4.78, 5) is 39.9. The van der Waals surface area contributed by atoms with E-state index in [1.807, 2.05) is 51.1 Å². The molecule has 0 saturated carbocycles. The molecule has 1 aliphatic rings. The van der Waals surface area contributed by atoms with Crippen LogP contribution in [0.4, 0.5) is 11.4 Å². The van der Waals surface area contributed by atoms with E-state index in [0.717, 1.165) is 11.1 Å². The van der Waals surface area contributed by atoms with E-state index < -0.39 is 28.7 Å². The summed E-state index contributed by atoms with van der Waals surface area (Å²) in [5.41, 5.74) is 6.78. The summed E-state index contributed by atoms with van der Waals surface area (Å²) in [5, 5.41) is 2.76. The van der Waals surface area contributed by atoms with E-state index in [-0.39, 0.29) is 11.7 Å². The number of hydrogen-bond donors (Lipinski definition) is 2. The quantitative estimate of drug-likeness (QED) is 0.637. The first-order chi connectivity index (χ1) is 15.6. The Labute approximate surface area is 192 Å². The Balaban J connectivity index is 1.94. The van der Waals surface area contributed by atoms with Crippen LogP contribution in [0.1, 0.15) is 49.4 Å². The van der Waals surface area contributed by atoms with Crippen LogP contribution in [0.3, 0.4) is 0 Å². The maximum Gasteiger partial charge on any atom is 0.291 e. The fourth-order valence-corrected chi connectivity index (χ4v) is 5.36. The normalized spacial score (nSPS) is 21.2. The fourth-order valence-electron chi connectivity index (χ4n) is 5.36. The van der Waals surface area contributed by atoms with Gasteiger partial charge >= 0.3 is 0 Å². The van der Waals surface area contributed by atoms with Gasteiger partial charge in [-0.05, 0) is 49.2 Å². The van der Waals surface area contributed by atoms with E-state index in [2.05, 4.69) is 11.4 Å². The lowest BCUT2D eigenvalue weighted by molar-refractivity contribution is -0.127. The minimum atomic E-state index is -0.946. The van der Waals surface area contributed by atoms with Gasteiger partial charge in [-0.2, -0.15) is 0 Å². The van der Waals surface area contributed by atoms with E-state index in [0.29, 0.717) is 11.4 Å². The monoisotopic (exact) mass is 444 g/mol. The number of primary amides is 1. The molecular weight excluding hydrogens is 418 g/mol. The predicted molar refractivity (Wildman–Crippen MR) is 125 cm³/mol. The zero-order valence-corrected chi connectivity index (χ0v) is 19.0. The highest BCUT2D eigenvalue weighted by Gasteiger charge is 2.57. The highest BCUT2D eigenvalue weighted by Crippen LogP contribution is 2.54. The summed E-state index contributed by atoms with van der Waals surface area (Å²) in [6.45, 7) is 7.09. The third-order valence-electron chi connectivity index (χ3n) is 6.56. The molecule has 33 heavy (non-hydrogen) atoms. The minimum absolute atomic E-state index is 0.160. The number of hydrogen-bond acceptors (Lipinski definition) is 4. The molecule has 0 fully saturated rings. The van der Waals surface area contributed by atoms with E-state index in [9.17, 15) is 14.4 Å². The number of nitrogens with two attached hydrogens (primary N) is 1. The van der Waals surface area contributed by atoms with Crippen LogP contribution in [0.25, 0.3) is 0 Å². The van der Waals surface area contributed by atoms with Gasteiger partial charge in [0.25, 0.3) is 5.91 Å². The lowest BCUT2D eigenvalue weighted by Gasteiger charge is -2.55. The van der Waals surface area contributed by atoms with Crippen LogP contribution < -0.4 is 16.0 Å². The second-order valence-electron chi connectivity index (χ2n) is 8.99. The van der Waals surface area contributed by atoms with Crippen LogP contribution in [-0.4, -0.2) is 23.3 Å². The molecule has 1 radical (unpaired) electrons. The number of nitrogens with one attached hydrogen (secondary N) is 1. The maximum absolute atomic E-state index is 12.9. The van der Waals surface area contributed by atoms with Gasteiger partial charge in [0.2, 0.25) is 11.8 Å². The number of fused-ring (bicyclic) bond motifs is 1. The molecule has 169 valence electrons. The van der Waals surface area contributed by atoms with Crippen LogP contribution in [0, 0.1) is 12.0 Å². The van der Waals surface area contributed by atoms with Gasteiger partial charge in [-0.3, -0.25) is 14.4 Å². The smallest absolute Gasteiger partial charge is 0.291 e. The predicted octanol–water partition coefficient (Wildman–Crippen LogP) is 3.88. The molecule has 1 aliphatic heterocycles. The summed E-state index contributed by atoms with van der Waals surface area (Å²) >= 11 is 0. The van der Waals surface area contributed by atoms with Gasteiger partial charge in [0.1, 0.15) is 0 Å². The van der Waals surface area contributed by atoms with Gasteiger partial charge < -0.3 is 20.4 Å². The molecule has 2 heterocycles. The Hall–Kier alpha value is -3.87. The third kappa shape index (κ3) is 3.50. The molecule has 3 aromatic rings. The van der Waals surface area contributed by atoms with E-state index >= 15 is 0 Å². The molecule has 0 saturated heterocycles. The third-order valence-corrected chi connectivity index (χ3v) is 6.56. The van der Waals surface area contributed by atoms with E-state index in [1.165, 1.54) is 13.2 Å². The van der Waals surface area contributed by atoms with Gasteiger partial charge in [0.15, 0.2) is 5.76 Å². The molecule has 3 amide bonds. The fraction of sp³-hybridized carbons (Fsp3) is 0.269. The molecule has 2 atom stereocenters. The Morgan fingerprint density at radius 1 is 1.09 bits per heavy atom. The maximum atomic E-state index is 12.9. The summed E-state index contributed by atoms with van der Waals surface area (Å²) in [7, 11) is 0. The van der Waals surface area contributed by atoms with E-state index in [4.69, 9.17) is 10.2 Å². The number of carbonyl (C=O) groups is 3. The molecule has 1 aromatic heterocycles. The molecular formula is C26H26N3O4. The van der Waals surface area contributed by atoms with Gasteiger partial charge in [-0.25, -0.2) is 0 Å². The molecule has 2 unspecified atom stereocenters. The van der Waals surface area contributed by atoms with Crippen molar-refractivity contribution >= 4 is 29.1 Å². The van der Waals surface area contributed by atoms with Gasteiger partial charge in [-0.15, -0.1) is 0 Å². The number of amides is 3. The largest absolute Gasteiger partial charge is 0.459 e. The van der Waals surface area contributed by atoms with Crippen molar-refractivity contribution in [3.63, 3.8) is 0 Å². The van der Waals surface area contributed by atoms with Crippen molar-refractivity contribution in [1.82, 2.24) is 0 Å². The average molecular weight is 445 g/mol. The van der Waals surface area contributed by atoms with Crippen LogP contribution >= 0.6 is 0 Å². The molecule has 0 bridgehead atoms. The second-order valence-corrected chi connectivity index (χ2v) is 8.99. The Bertz CT molecular complexity index is 1220. The van der Waals surface area contributed by atoms with Crippen molar-refractivity contribution in [2.24, 2.45) is 11.7 Å². The Kier molecular flexibility index (Phi) is 5.36. The van der Waals surface area contributed by atoms with Crippen LogP contribution in [0.5, 0.6) is 0 Å². The molecule has 3 N–H and O–H groups in total. The van der Waals surface area contributed by atoms with Crippen LogP contribution in [0.15, 0.2) is 65.3 Å². The highest BCUT2D eigenvalue weighted by molar-refractivity contribution is 6.04. The van der Waals surface area contributed by atoms with Crippen molar-refractivity contribution in [3.05, 3.63) is 83.8 Å². The minimum Gasteiger partial charge on any atom is -0.459 e. The van der Waals surface area contributed by atoms with Crippen molar-refractivity contribution in [3.8, 4) is 0 Å². The lowest BCUT2D eigenvalue weighted by atomic mass is 9.57. The summed E-state index contributed by atoms with van der Waals surface area (Å²) < 4.78 is 5.16. The van der Waals surface area contributed by atoms with Gasteiger partial charge in [-0.1, -0.05) is 37.3 Å². The zero-order chi connectivity index (χ0) is 24.0. The van der Waals surface area contributed by atoms with Crippen LogP contribution in [-0.2, 0) is 15.0 Å². The van der Waals surface area contributed by atoms with Crippen molar-refractivity contribution in [2.75, 3.05) is 10.2 Å². The molecule has 4 rings (SSSR count). The first-order valence-corrected chi connectivity index (χ1v) is 10.6. The lowest BCUT2D eigenvalue weighted by Crippen LogP contribution is -2.65. The number of anilines is 2. The second kappa shape index (κ2) is 7.92. The Morgan fingerprint density at radius 2 is 1.79 bits per heavy atom. The molecule has 7 nitrogen and oxygen atoms in total. The highest BCUT2D eigenvalue weighted by atomic mass is 16.3.